The molecule has 168 valence electrons. The summed E-state index contributed by atoms with van der Waals surface area (Å²) in [4.78, 5) is 12.3. The molecule has 0 fully saturated rings. The Morgan fingerprint density at radius 3 is 2.22 bits per heavy atom. The second-order valence-corrected chi connectivity index (χ2v) is 8.61. The molecule has 1 unspecified atom stereocenters. The third kappa shape index (κ3) is 5.44. The molecule has 2 N–H and O–H groups in total. The number of nitrogens with one attached hydrogen (secondary N) is 2. The maximum atomic E-state index is 13.8. The fraction of sp³-hybridized carbons (Fsp3) is 0.136. The van der Waals surface area contributed by atoms with Crippen molar-refractivity contribution < 1.29 is 30.8 Å². The van der Waals surface area contributed by atoms with Crippen molar-refractivity contribution in [1.82, 2.24) is 5.32 Å². The summed E-state index contributed by atoms with van der Waals surface area (Å²) in [5.74, 6) is -1.38. The lowest BCUT2D eigenvalue weighted by molar-refractivity contribution is -0.137. The van der Waals surface area contributed by atoms with Crippen molar-refractivity contribution in [2.24, 2.45) is 0 Å². The molecule has 0 radical (unpaired) electrons. The maximum Gasteiger partial charge on any atom is 0.416 e. The van der Waals surface area contributed by atoms with E-state index >= 15 is 0 Å². The molecule has 0 bridgehead atoms. The number of rotatable bonds is 6. The van der Waals surface area contributed by atoms with Crippen LogP contribution >= 0.6 is 0 Å². The van der Waals surface area contributed by atoms with E-state index in [4.69, 9.17) is 0 Å². The molecular formula is C22H18F4N2O3S. The van der Waals surface area contributed by atoms with E-state index in [2.05, 4.69) is 10.0 Å². The van der Waals surface area contributed by atoms with Gasteiger partial charge in [-0.1, -0.05) is 30.3 Å². The Hall–Kier alpha value is -3.40. The Kier molecular flexibility index (Phi) is 6.54. The van der Waals surface area contributed by atoms with E-state index in [9.17, 15) is 30.8 Å². The first-order valence-electron chi connectivity index (χ1n) is 9.33. The van der Waals surface area contributed by atoms with E-state index in [0.717, 1.165) is 24.3 Å². The SMILES string of the molecule is CC(NC(=O)c1cccc(S(=O)(=O)Nc2ccccc2F)c1)c1ccc(C(F)(F)F)cc1. The zero-order valence-corrected chi connectivity index (χ0v) is 17.5. The third-order valence-electron chi connectivity index (χ3n) is 4.61. The van der Waals surface area contributed by atoms with E-state index in [1.165, 1.54) is 48.5 Å². The van der Waals surface area contributed by atoms with Crippen LogP contribution in [0.1, 0.15) is 34.5 Å². The Morgan fingerprint density at radius 2 is 1.59 bits per heavy atom. The van der Waals surface area contributed by atoms with Gasteiger partial charge >= 0.3 is 6.18 Å². The summed E-state index contributed by atoms with van der Waals surface area (Å²) in [5, 5.41) is 2.61. The molecule has 3 aromatic carbocycles. The van der Waals surface area contributed by atoms with Gasteiger partial charge in [0.05, 0.1) is 22.2 Å². The van der Waals surface area contributed by atoms with Gasteiger partial charge in [-0.2, -0.15) is 13.2 Å². The number of carbonyl (C=O) groups excluding carboxylic acids is 1. The minimum Gasteiger partial charge on any atom is -0.346 e. The minimum atomic E-state index is -4.46. The normalized spacial score (nSPS) is 12.8. The van der Waals surface area contributed by atoms with Crippen molar-refractivity contribution in [2.75, 3.05) is 4.72 Å². The highest BCUT2D eigenvalue weighted by molar-refractivity contribution is 7.92. The van der Waals surface area contributed by atoms with Gasteiger partial charge in [0.25, 0.3) is 15.9 Å². The lowest BCUT2D eigenvalue weighted by Gasteiger charge is -2.16. The second-order valence-electron chi connectivity index (χ2n) is 6.93. The molecule has 0 spiro atoms. The predicted molar refractivity (Wildman–Crippen MR) is 111 cm³/mol. The molecule has 0 saturated heterocycles. The number of anilines is 1. The summed E-state index contributed by atoms with van der Waals surface area (Å²) in [6, 6.07) is 14.1. The monoisotopic (exact) mass is 466 g/mol. The van der Waals surface area contributed by atoms with E-state index < -0.39 is 39.5 Å². The number of hydrogen-bond donors (Lipinski definition) is 2. The van der Waals surface area contributed by atoms with E-state index in [0.29, 0.717) is 5.56 Å². The third-order valence-corrected chi connectivity index (χ3v) is 5.97. The quantitative estimate of drug-likeness (QED) is 0.494. The average molecular weight is 466 g/mol. The second kappa shape index (κ2) is 8.99. The topological polar surface area (TPSA) is 75.3 Å². The lowest BCUT2D eigenvalue weighted by Crippen LogP contribution is -2.27. The molecule has 1 atom stereocenters. The van der Waals surface area contributed by atoms with Crippen molar-refractivity contribution in [3.05, 3.63) is 95.3 Å². The molecule has 0 aliphatic rings. The van der Waals surface area contributed by atoms with Crippen molar-refractivity contribution >= 4 is 21.6 Å². The van der Waals surface area contributed by atoms with Crippen LogP contribution in [0.15, 0.2) is 77.7 Å². The Labute approximate surface area is 182 Å². The van der Waals surface area contributed by atoms with Gasteiger partial charge in [-0.25, -0.2) is 12.8 Å². The Bertz CT molecular complexity index is 1230. The van der Waals surface area contributed by atoms with Crippen LogP contribution in [0.3, 0.4) is 0 Å². The summed E-state index contributed by atoms with van der Waals surface area (Å²) in [7, 11) is -4.17. The highest BCUT2D eigenvalue weighted by Gasteiger charge is 2.30. The van der Waals surface area contributed by atoms with E-state index in [1.54, 1.807) is 6.92 Å². The number of benzene rings is 3. The van der Waals surface area contributed by atoms with Crippen molar-refractivity contribution in [3.63, 3.8) is 0 Å². The Morgan fingerprint density at radius 1 is 0.938 bits per heavy atom. The predicted octanol–water partition coefficient (Wildman–Crippen LogP) is 5.14. The summed E-state index contributed by atoms with van der Waals surface area (Å²) >= 11 is 0. The molecule has 10 heteroatoms. The summed E-state index contributed by atoms with van der Waals surface area (Å²) < 4.78 is 79.2. The summed E-state index contributed by atoms with van der Waals surface area (Å²) in [6.07, 6.45) is -4.46. The number of halogens is 4. The van der Waals surface area contributed by atoms with Crippen molar-refractivity contribution in [3.8, 4) is 0 Å². The number of amides is 1. The highest BCUT2D eigenvalue weighted by atomic mass is 32.2. The minimum absolute atomic E-state index is 0.0140. The van der Waals surface area contributed by atoms with Crippen LogP contribution in [0.5, 0.6) is 0 Å². The number of carbonyl (C=O) groups is 1. The first-order valence-corrected chi connectivity index (χ1v) is 10.8. The highest BCUT2D eigenvalue weighted by Crippen LogP contribution is 2.30. The molecule has 32 heavy (non-hydrogen) atoms. The van der Waals surface area contributed by atoms with E-state index in [-0.39, 0.29) is 16.1 Å². The van der Waals surface area contributed by atoms with Crippen LogP contribution < -0.4 is 10.0 Å². The molecule has 0 saturated carbocycles. The van der Waals surface area contributed by atoms with Gasteiger partial charge in [-0.15, -0.1) is 0 Å². The van der Waals surface area contributed by atoms with Crippen LogP contribution in [0.4, 0.5) is 23.2 Å². The van der Waals surface area contributed by atoms with Gasteiger partial charge in [-0.05, 0) is 55.0 Å². The number of sulfonamides is 1. The molecule has 0 aliphatic carbocycles. The first kappa shape index (κ1) is 23.3. The van der Waals surface area contributed by atoms with Crippen LogP contribution in [0.25, 0.3) is 0 Å². The molecule has 3 aromatic rings. The van der Waals surface area contributed by atoms with Crippen molar-refractivity contribution in [2.45, 2.75) is 24.0 Å². The first-order chi connectivity index (χ1) is 15.0. The number of hydrogen-bond acceptors (Lipinski definition) is 3. The number of para-hydroxylation sites is 1. The van der Waals surface area contributed by atoms with Crippen LogP contribution in [0.2, 0.25) is 0 Å². The molecule has 0 aromatic heterocycles. The van der Waals surface area contributed by atoms with Gasteiger partial charge < -0.3 is 5.32 Å². The molecule has 0 heterocycles. The molecular weight excluding hydrogens is 448 g/mol. The van der Waals surface area contributed by atoms with Gasteiger partial charge in [0, 0.05) is 5.56 Å². The Balaban J connectivity index is 1.75. The largest absolute Gasteiger partial charge is 0.416 e. The maximum absolute atomic E-state index is 13.8. The molecule has 1 amide bonds. The van der Waals surface area contributed by atoms with Gasteiger partial charge in [0.2, 0.25) is 0 Å². The average Bonchev–Trinajstić information content (AvgIpc) is 2.75. The van der Waals surface area contributed by atoms with Gasteiger partial charge in [0.15, 0.2) is 0 Å². The molecule has 3 rings (SSSR count). The standard InChI is InChI=1S/C22H18F4N2O3S/c1-14(15-9-11-17(12-10-15)22(24,25)26)27-21(29)16-5-4-6-18(13-16)32(30,31)28-20-8-3-2-7-19(20)23/h2-14,28H,1H3,(H,27,29). The van der Waals surface area contributed by atoms with Gasteiger partial charge in [0.1, 0.15) is 5.82 Å². The summed E-state index contributed by atoms with van der Waals surface area (Å²) in [5.41, 5.74) is -0.588. The van der Waals surface area contributed by atoms with Crippen LogP contribution in [-0.2, 0) is 16.2 Å². The fourth-order valence-electron chi connectivity index (χ4n) is 2.88. The van der Waals surface area contributed by atoms with E-state index in [1.807, 2.05) is 0 Å². The lowest BCUT2D eigenvalue weighted by atomic mass is 10.1. The molecule has 5 nitrogen and oxygen atoms in total. The molecule has 0 aliphatic heterocycles. The van der Waals surface area contributed by atoms with Gasteiger partial charge in [-0.3, -0.25) is 9.52 Å². The smallest absolute Gasteiger partial charge is 0.346 e. The zero-order valence-electron chi connectivity index (χ0n) is 16.7. The van der Waals surface area contributed by atoms with Crippen molar-refractivity contribution in [1.29, 1.82) is 0 Å². The fourth-order valence-corrected chi connectivity index (χ4v) is 3.99. The zero-order chi connectivity index (χ0) is 23.5. The summed E-state index contributed by atoms with van der Waals surface area (Å²) in [6.45, 7) is 1.58. The van der Waals surface area contributed by atoms with Crippen LogP contribution in [0, 0.1) is 5.82 Å². The van der Waals surface area contributed by atoms with Crippen LogP contribution in [-0.4, -0.2) is 14.3 Å². The number of alkyl halides is 3.